The lowest BCUT2D eigenvalue weighted by Crippen LogP contribution is -2.58. The van der Waals surface area contributed by atoms with Crippen LogP contribution < -0.4 is 5.32 Å². The molecule has 0 aromatic heterocycles. The Bertz CT molecular complexity index is 655. The lowest BCUT2D eigenvalue weighted by atomic mass is 9.76. The van der Waals surface area contributed by atoms with Gasteiger partial charge in [-0.3, -0.25) is 10.1 Å². The number of carbonyl (C=O) groups excluding carboxylic acids is 2. The zero-order valence-electron chi connectivity index (χ0n) is 15.3. The lowest BCUT2D eigenvalue weighted by molar-refractivity contribution is -0.161. The Balaban J connectivity index is 1.54. The van der Waals surface area contributed by atoms with E-state index in [4.69, 9.17) is 4.74 Å². The van der Waals surface area contributed by atoms with E-state index in [1.807, 2.05) is 24.3 Å². The first-order valence-electron chi connectivity index (χ1n) is 9.42. The van der Waals surface area contributed by atoms with Gasteiger partial charge in [0.25, 0.3) is 0 Å². The van der Waals surface area contributed by atoms with Crippen LogP contribution in [0.2, 0.25) is 0 Å². The molecule has 5 heteroatoms. The van der Waals surface area contributed by atoms with Gasteiger partial charge in [-0.25, -0.2) is 4.79 Å². The number of nitrogens with one attached hydrogen (secondary N) is 1. The second-order valence-electron chi connectivity index (χ2n) is 7.20. The van der Waals surface area contributed by atoms with Gasteiger partial charge in [-0.15, -0.1) is 0 Å². The van der Waals surface area contributed by atoms with Crippen LogP contribution in [0.15, 0.2) is 30.3 Å². The normalized spacial score (nSPS) is 19.3. The van der Waals surface area contributed by atoms with Gasteiger partial charge in [0.1, 0.15) is 11.6 Å². The van der Waals surface area contributed by atoms with Gasteiger partial charge in [0, 0.05) is 12.6 Å². The summed E-state index contributed by atoms with van der Waals surface area (Å²) in [5.41, 5.74) is 1.52. The molecule has 0 bridgehead atoms. The Morgan fingerprint density at radius 1 is 1.15 bits per heavy atom. The average Bonchev–Trinajstić information content (AvgIpc) is 3.12. The minimum absolute atomic E-state index is 0.0757. The zero-order valence-corrected chi connectivity index (χ0v) is 15.3. The summed E-state index contributed by atoms with van der Waals surface area (Å²) in [6, 6.07) is 7.89. The highest BCUT2D eigenvalue weighted by atomic mass is 16.5. The maximum Gasteiger partial charge on any atom is 0.330 e. The van der Waals surface area contributed by atoms with Crippen molar-refractivity contribution in [1.29, 1.82) is 0 Å². The number of carbonyl (C=O) groups is 2. The largest absolute Gasteiger partial charge is 0.466 e. The van der Waals surface area contributed by atoms with Gasteiger partial charge in [0.05, 0.1) is 7.11 Å². The molecule has 5 nitrogen and oxygen atoms in total. The molecule has 0 spiro atoms. The molecule has 1 aromatic carbocycles. The van der Waals surface area contributed by atoms with Gasteiger partial charge in [-0.1, -0.05) is 24.3 Å². The third-order valence-corrected chi connectivity index (χ3v) is 5.40. The molecular weight excluding hydrogens is 330 g/mol. The number of benzene rings is 1. The molecule has 2 fully saturated rings. The smallest absolute Gasteiger partial charge is 0.330 e. The third kappa shape index (κ3) is 4.52. The van der Waals surface area contributed by atoms with Crippen LogP contribution in [0.1, 0.15) is 56.1 Å². The summed E-state index contributed by atoms with van der Waals surface area (Å²) in [6.45, 7) is 0.626. The van der Waals surface area contributed by atoms with Gasteiger partial charge in [-0.2, -0.15) is 0 Å². The number of hydrogen-bond acceptors (Lipinski definition) is 5. The Morgan fingerprint density at radius 3 is 2.42 bits per heavy atom. The van der Waals surface area contributed by atoms with Gasteiger partial charge in [-0.05, 0) is 62.1 Å². The summed E-state index contributed by atoms with van der Waals surface area (Å²) in [5.74, 6) is -0.447. The van der Waals surface area contributed by atoms with E-state index in [1.54, 1.807) is 6.08 Å². The maximum absolute atomic E-state index is 12.6. The zero-order chi connectivity index (χ0) is 18.4. The molecule has 0 aliphatic heterocycles. The van der Waals surface area contributed by atoms with E-state index in [9.17, 15) is 9.59 Å². The van der Waals surface area contributed by atoms with Crippen LogP contribution in [0, 0.1) is 0 Å². The van der Waals surface area contributed by atoms with Crippen LogP contribution in [0.3, 0.4) is 0 Å². The Labute approximate surface area is 154 Å². The number of esters is 2. The van der Waals surface area contributed by atoms with Crippen molar-refractivity contribution in [1.82, 2.24) is 5.32 Å². The molecule has 3 rings (SSSR count). The second kappa shape index (κ2) is 8.49. The van der Waals surface area contributed by atoms with Crippen molar-refractivity contribution in [2.24, 2.45) is 0 Å². The summed E-state index contributed by atoms with van der Waals surface area (Å²) >= 11 is 0. The van der Waals surface area contributed by atoms with Gasteiger partial charge >= 0.3 is 11.9 Å². The minimum atomic E-state index is -0.508. The van der Waals surface area contributed by atoms with E-state index in [0.717, 1.165) is 56.1 Å². The number of methoxy groups -OCH3 is 1. The molecule has 0 unspecified atom stereocenters. The molecule has 2 aliphatic carbocycles. The van der Waals surface area contributed by atoms with Gasteiger partial charge < -0.3 is 9.47 Å². The standard InChI is InChI=1S/C21H27NO4/c1-25-19(23)12-11-16-7-9-17(10-8-16)15-22-21(13-4-14-21)20(24)26-18-5-2-3-6-18/h7-12,18,22H,2-6,13-15H2,1H3/b12-11+. The van der Waals surface area contributed by atoms with Crippen molar-refractivity contribution < 1.29 is 19.1 Å². The van der Waals surface area contributed by atoms with Crippen LogP contribution in [0.4, 0.5) is 0 Å². The summed E-state index contributed by atoms with van der Waals surface area (Å²) < 4.78 is 10.3. The van der Waals surface area contributed by atoms with E-state index in [1.165, 1.54) is 13.2 Å². The number of ether oxygens (including phenoxy) is 2. The first-order valence-corrected chi connectivity index (χ1v) is 9.42. The Hall–Kier alpha value is -2.14. The molecule has 2 saturated carbocycles. The predicted octanol–water partition coefficient (Wildman–Crippen LogP) is 3.37. The second-order valence-corrected chi connectivity index (χ2v) is 7.20. The third-order valence-electron chi connectivity index (χ3n) is 5.40. The monoisotopic (exact) mass is 357 g/mol. The molecule has 0 radical (unpaired) electrons. The highest BCUT2D eigenvalue weighted by Crippen LogP contribution is 2.35. The van der Waals surface area contributed by atoms with Crippen LogP contribution >= 0.6 is 0 Å². The molecule has 2 aliphatic rings. The van der Waals surface area contributed by atoms with Crippen molar-refractivity contribution in [2.45, 2.75) is 63.1 Å². The van der Waals surface area contributed by atoms with Crippen LogP contribution in [0.5, 0.6) is 0 Å². The van der Waals surface area contributed by atoms with Gasteiger partial charge in [0.2, 0.25) is 0 Å². The van der Waals surface area contributed by atoms with E-state index in [0.29, 0.717) is 6.54 Å². The van der Waals surface area contributed by atoms with E-state index >= 15 is 0 Å². The SMILES string of the molecule is COC(=O)/C=C/c1ccc(CNC2(C(=O)OC3CCCC3)CCC2)cc1. The highest BCUT2D eigenvalue weighted by molar-refractivity contribution is 5.86. The summed E-state index contributed by atoms with van der Waals surface area (Å²) in [7, 11) is 1.36. The van der Waals surface area contributed by atoms with Crippen LogP contribution in [0.25, 0.3) is 6.08 Å². The van der Waals surface area contributed by atoms with Crippen molar-refractivity contribution in [3.05, 3.63) is 41.5 Å². The van der Waals surface area contributed by atoms with Crippen LogP contribution in [-0.4, -0.2) is 30.7 Å². The van der Waals surface area contributed by atoms with Crippen LogP contribution in [-0.2, 0) is 25.6 Å². The predicted molar refractivity (Wildman–Crippen MR) is 99.3 cm³/mol. The van der Waals surface area contributed by atoms with Crippen molar-refractivity contribution in [2.75, 3.05) is 7.11 Å². The summed E-state index contributed by atoms with van der Waals surface area (Å²) in [6.07, 6.45) is 10.3. The fourth-order valence-corrected chi connectivity index (χ4v) is 3.50. The molecular formula is C21H27NO4. The summed E-state index contributed by atoms with van der Waals surface area (Å²) in [5, 5.41) is 3.43. The van der Waals surface area contributed by atoms with E-state index in [2.05, 4.69) is 10.1 Å². The molecule has 26 heavy (non-hydrogen) atoms. The molecule has 140 valence electrons. The molecule has 0 amide bonds. The molecule has 0 atom stereocenters. The quantitative estimate of drug-likeness (QED) is 0.599. The van der Waals surface area contributed by atoms with Crippen molar-refractivity contribution in [3.63, 3.8) is 0 Å². The topological polar surface area (TPSA) is 64.6 Å². The first kappa shape index (κ1) is 18.6. The maximum atomic E-state index is 12.6. The Kier molecular flexibility index (Phi) is 6.09. The fourth-order valence-electron chi connectivity index (χ4n) is 3.50. The molecule has 0 heterocycles. The van der Waals surface area contributed by atoms with Gasteiger partial charge in [0.15, 0.2) is 0 Å². The Morgan fingerprint density at radius 2 is 1.85 bits per heavy atom. The molecule has 1 aromatic rings. The lowest BCUT2D eigenvalue weighted by Gasteiger charge is -2.40. The van der Waals surface area contributed by atoms with Crippen molar-refractivity contribution in [3.8, 4) is 0 Å². The fraction of sp³-hybridized carbons (Fsp3) is 0.524. The van der Waals surface area contributed by atoms with E-state index in [-0.39, 0.29) is 18.0 Å². The van der Waals surface area contributed by atoms with Crippen molar-refractivity contribution >= 4 is 18.0 Å². The average molecular weight is 357 g/mol. The first-order chi connectivity index (χ1) is 12.6. The summed E-state index contributed by atoms with van der Waals surface area (Å²) in [4.78, 5) is 23.7. The minimum Gasteiger partial charge on any atom is -0.466 e. The number of rotatable bonds is 7. The molecule has 0 saturated heterocycles. The molecule has 1 N–H and O–H groups in total. The van der Waals surface area contributed by atoms with E-state index < -0.39 is 5.54 Å². The highest BCUT2D eigenvalue weighted by Gasteiger charge is 2.46. The number of hydrogen-bond donors (Lipinski definition) is 1.